The summed E-state index contributed by atoms with van der Waals surface area (Å²) in [7, 11) is 0. The number of hydrogen-bond donors (Lipinski definition) is 2. The van der Waals surface area contributed by atoms with Gasteiger partial charge in [-0.1, -0.05) is 24.3 Å². The quantitative estimate of drug-likeness (QED) is 0.881. The van der Waals surface area contributed by atoms with Crippen LogP contribution in [-0.2, 0) is 11.2 Å². The minimum atomic E-state index is -0.455. The van der Waals surface area contributed by atoms with Crippen molar-refractivity contribution in [3.05, 3.63) is 58.3 Å². The van der Waals surface area contributed by atoms with Gasteiger partial charge in [0.2, 0.25) is 5.91 Å². The molecule has 1 aliphatic heterocycles. The standard InChI is InChI=1S/C15H12BrFN2O/c16-10-5-3-6-11(17)14(10)19-15(20)13-8-9-4-1-2-7-12(9)18-13/h1-7,13,18H,8H2,(H,19,20). The third-order valence-corrected chi connectivity index (χ3v) is 3.96. The van der Waals surface area contributed by atoms with Crippen LogP contribution >= 0.6 is 15.9 Å². The maximum atomic E-state index is 13.7. The van der Waals surface area contributed by atoms with Crippen LogP contribution in [0.15, 0.2) is 46.9 Å². The zero-order valence-corrected chi connectivity index (χ0v) is 12.1. The molecule has 1 aliphatic rings. The summed E-state index contributed by atoms with van der Waals surface area (Å²) in [4.78, 5) is 12.2. The first kappa shape index (κ1) is 13.1. The fraction of sp³-hybridized carbons (Fsp3) is 0.133. The van der Waals surface area contributed by atoms with Crippen LogP contribution in [0.4, 0.5) is 15.8 Å². The zero-order valence-electron chi connectivity index (χ0n) is 10.5. The van der Waals surface area contributed by atoms with Crippen LogP contribution < -0.4 is 10.6 Å². The van der Waals surface area contributed by atoms with Crippen molar-refractivity contribution in [3.63, 3.8) is 0 Å². The number of amides is 1. The highest BCUT2D eigenvalue weighted by atomic mass is 79.9. The molecule has 1 atom stereocenters. The van der Waals surface area contributed by atoms with Crippen molar-refractivity contribution in [2.24, 2.45) is 0 Å². The van der Waals surface area contributed by atoms with Gasteiger partial charge in [-0.3, -0.25) is 4.79 Å². The predicted molar refractivity (Wildman–Crippen MR) is 80.3 cm³/mol. The fourth-order valence-corrected chi connectivity index (χ4v) is 2.72. The van der Waals surface area contributed by atoms with Crippen LogP contribution in [-0.4, -0.2) is 11.9 Å². The molecule has 0 aromatic heterocycles. The van der Waals surface area contributed by atoms with E-state index in [-0.39, 0.29) is 17.6 Å². The second-order valence-corrected chi connectivity index (χ2v) is 5.50. The summed E-state index contributed by atoms with van der Waals surface area (Å²) < 4.78 is 14.2. The Hall–Kier alpha value is -1.88. The first-order chi connectivity index (χ1) is 9.65. The summed E-state index contributed by atoms with van der Waals surface area (Å²) in [5.74, 6) is -0.699. The molecule has 0 bridgehead atoms. The van der Waals surface area contributed by atoms with Gasteiger partial charge in [0.05, 0.1) is 5.69 Å². The number of benzene rings is 2. The number of rotatable bonds is 2. The van der Waals surface area contributed by atoms with Gasteiger partial charge < -0.3 is 10.6 Å². The third kappa shape index (κ3) is 2.41. The maximum Gasteiger partial charge on any atom is 0.247 e. The molecule has 2 N–H and O–H groups in total. The first-order valence-electron chi connectivity index (χ1n) is 6.24. The lowest BCUT2D eigenvalue weighted by Crippen LogP contribution is -2.33. The first-order valence-corrected chi connectivity index (χ1v) is 7.04. The molecule has 2 aromatic rings. The van der Waals surface area contributed by atoms with Crippen molar-refractivity contribution in [2.75, 3.05) is 10.6 Å². The minimum Gasteiger partial charge on any atom is -0.373 e. The number of anilines is 2. The van der Waals surface area contributed by atoms with E-state index in [1.165, 1.54) is 6.07 Å². The summed E-state index contributed by atoms with van der Waals surface area (Å²) in [5, 5.41) is 5.78. The molecule has 5 heteroatoms. The molecule has 0 saturated carbocycles. The molecule has 0 radical (unpaired) electrons. The average molecular weight is 335 g/mol. The largest absolute Gasteiger partial charge is 0.373 e. The highest BCUT2D eigenvalue weighted by molar-refractivity contribution is 9.10. The summed E-state index contributed by atoms with van der Waals surface area (Å²) in [6, 6.07) is 12.0. The number of carbonyl (C=O) groups is 1. The van der Waals surface area contributed by atoms with Crippen molar-refractivity contribution in [2.45, 2.75) is 12.5 Å². The summed E-state index contributed by atoms with van der Waals surface area (Å²) in [5.41, 5.74) is 2.23. The Bertz CT molecular complexity index is 629. The van der Waals surface area contributed by atoms with E-state index in [4.69, 9.17) is 0 Å². The van der Waals surface area contributed by atoms with E-state index in [0.29, 0.717) is 10.9 Å². The molecular weight excluding hydrogens is 323 g/mol. The van der Waals surface area contributed by atoms with Crippen LogP contribution in [0, 0.1) is 5.82 Å². The molecular formula is C15H12BrFN2O. The average Bonchev–Trinajstić information content (AvgIpc) is 2.87. The Morgan fingerprint density at radius 3 is 2.80 bits per heavy atom. The van der Waals surface area contributed by atoms with Gasteiger partial charge >= 0.3 is 0 Å². The smallest absolute Gasteiger partial charge is 0.247 e. The normalized spacial score (nSPS) is 16.4. The van der Waals surface area contributed by atoms with Gasteiger partial charge in [-0.05, 0) is 39.7 Å². The lowest BCUT2D eigenvalue weighted by atomic mass is 10.1. The second kappa shape index (κ2) is 5.25. The third-order valence-electron chi connectivity index (χ3n) is 3.30. The molecule has 1 unspecified atom stereocenters. The van der Waals surface area contributed by atoms with Crippen molar-refractivity contribution >= 4 is 33.2 Å². The van der Waals surface area contributed by atoms with Gasteiger partial charge in [-0.25, -0.2) is 4.39 Å². The summed E-state index contributed by atoms with van der Waals surface area (Å²) in [6.45, 7) is 0. The van der Waals surface area contributed by atoms with Gasteiger partial charge in [-0.2, -0.15) is 0 Å². The second-order valence-electron chi connectivity index (χ2n) is 4.64. The van der Waals surface area contributed by atoms with E-state index in [9.17, 15) is 9.18 Å². The lowest BCUT2D eigenvalue weighted by Gasteiger charge is -2.13. The lowest BCUT2D eigenvalue weighted by molar-refractivity contribution is -0.116. The number of carbonyl (C=O) groups excluding carboxylic acids is 1. The monoisotopic (exact) mass is 334 g/mol. The number of fused-ring (bicyclic) bond motifs is 1. The van der Waals surface area contributed by atoms with Crippen LogP contribution in [0.25, 0.3) is 0 Å². The van der Waals surface area contributed by atoms with Gasteiger partial charge in [0, 0.05) is 16.6 Å². The van der Waals surface area contributed by atoms with Crippen LogP contribution in [0.5, 0.6) is 0 Å². The van der Waals surface area contributed by atoms with E-state index in [1.807, 2.05) is 24.3 Å². The number of para-hydroxylation sites is 2. The van der Waals surface area contributed by atoms with Crippen molar-refractivity contribution in [1.82, 2.24) is 0 Å². The molecule has 3 rings (SSSR count). The fourth-order valence-electron chi connectivity index (χ4n) is 2.28. The van der Waals surface area contributed by atoms with Crippen LogP contribution in [0.1, 0.15) is 5.56 Å². The Balaban J connectivity index is 1.76. The number of halogens is 2. The Morgan fingerprint density at radius 2 is 2.05 bits per heavy atom. The maximum absolute atomic E-state index is 13.7. The van der Waals surface area contributed by atoms with Gasteiger partial charge in [0.1, 0.15) is 11.9 Å². The van der Waals surface area contributed by atoms with Crippen LogP contribution in [0.2, 0.25) is 0 Å². The molecule has 0 aliphatic carbocycles. The Kier molecular flexibility index (Phi) is 3.44. The molecule has 102 valence electrons. The predicted octanol–water partition coefficient (Wildman–Crippen LogP) is 3.56. The van der Waals surface area contributed by atoms with Crippen LogP contribution in [0.3, 0.4) is 0 Å². The minimum absolute atomic E-state index is 0.176. The molecule has 0 fully saturated rings. The summed E-state index contributed by atoms with van der Waals surface area (Å²) in [6.07, 6.45) is 0.605. The molecule has 1 heterocycles. The van der Waals surface area contributed by atoms with E-state index in [1.54, 1.807) is 12.1 Å². The molecule has 0 spiro atoms. The van der Waals surface area contributed by atoms with Gasteiger partial charge in [0.25, 0.3) is 0 Å². The molecule has 1 amide bonds. The molecule has 20 heavy (non-hydrogen) atoms. The molecule has 0 saturated heterocycles. The van der Waals surface area contributed by atoms with E-state index in [0.717, 1.165) is 11.3 Å². The highest BCUT2D eigenvalue weighted by Gasteiger charge is 2.27. The Labute approximate surface area is 124 Å². The Morgan fingerprint density at radius 1 is 1.25 bits per heavy atom. The van der Waals surface area contributed by atoms with Gasteiger partial charge in [-0.15, -0.1) is 0 Å². The summed E-state index contributed by atoms with van der Waals surface area (Å²) >= 11 is 3.24. The number of hydrogen-bond acceptors (Lipinski definition) is 2. The van der Waals surface area contributed by atoms with E-state index < -0.39 is 5.82 Å². The molecule has 2 aromatic carbocycles. The van der Waals surface area contributed by atoms with E-state index in [2.05, 4.69) is 26.6 Å². The number of nitrogens with one attached hydrogen (secondary N) is 2. The van der Waals surface area contributed by atoms with Crippen molar-refractivity contribution in [3.8, 4) is 0 Å². The highest BCUT2D eigenvalue weighted by Crippen LogP contribution is 2.28. The topological polar surface area (TPSA) is 41.1 Å². The van der Waals surface area contributed by atoms with Gasteiger partial charge in [0.15, 0.2) is 0 Å². The molecule has 3 nitrogen and oxygen atoms in total. The van der Waals surface area contributed by atoms with Crippen molar-refractivity contribution in [1.29, 1.82) is 0 Å². The van der Waals surface area contributed by atoms with Crippen molar-refractivity contribution < 1.29 is 9.18 Å². The SMILES string of the molecule is O=C(Nc1c(F)cccc1Br)C1Cc2ccccc2N1. The van der Waals surface area contributed by atoms with E-state index >= 15 is 0 Å². The zero-order chi connectivity index (χ0) is 14.1.